The summed E-state index contributed by atoms with van der Waals surface area (Å²) in [7, 11) is 0. The predicted molar refractivity (Wildman–Crippen MR) is 131 cm³/mol. The van der Waals surface area contributed by atoms with Gasteiger partial charge in [-0.15, -0.1) is 0 Å². The average molecular weight is 447 g/mol. The number of furan rings is 1. The fraction of sp³-hybridized carbons (Fsp3) is 0.464. The van der Waals surface area contributed by atoms with Crippen molar-refractivity contribution in [1.82, 2.24) is 9.80 Å². The molecule has 1 unspecified atom stereocenters. The highest BCUT2D eigenvalue weighted by molar-refractivity contribution is 6.05. The molecule has 0 bridgehead atoms. The second-order valence-electron chi connectivity index (χ2n) is 9.69. The smallest absolute Gasteiger partial charge is 0.257 e. The number of benzene rings is 2. The lowest BCUT2D eigenvalue weighted by Gasteiger charge is -2.39. The number of nitrogens with zero attached hydrogens (tertiary/aromatic N) is 2. The standard InChI is InChI=1S/C28H34N2O3/c1-2-14-30(22-10-11-23-21(17-22)6-5-8-26(23)31)18-20-12-15-29(16-13-20)28(32)25-19-33-27-9-4-3-7-24(25)27/h3-9,19-20,22,31H,2,10-18H2,1H3. The lowest BCUT2D eigenvalue weighted by atomic mass is 9.86. The molecule has 1 atom stereocenters. The molecular weight excluding hydrogens is 412 g/mol. The maximum Gasteiger partial charge on any atom is 0.257 e. The topological polar surface area (TPSA) is 56.9 Å². The first-order chi connectivity index (χ1) is 16.1. The number of hydrogen-bond acceptors (Lipinski definition) is 4. The molecule has 3 aromatic rings. The van der Waals surface area contributed by atoms with Crippen LogP contribution in [0.5, 0.6) is 5.75 Å². The van der Waals surface area contributed by atoms with Gasteiger partial charge in [-0.25, -0.2) is 0 Å². The Morgan fingerprint density at radius 1 is 1.12 bits per heavy atom. The van der Waals surface area contributed by atoms with Crippen LogP contribution in [0.2, 0.25) is 0 Å². The highest BCUT2D eigenvalue weighted by atomic mass is 16.3. The minimum atomic E-state index is 0.0903. The van der Waals surface area contributed by atoms with Crippen molar-refractivity contribution >= 4 is 16.9 Å². The van der Waals surface area contributed by atoms with Crippen molar-refractivity contribution in [2.45, 2.75) is 51.5 Å². The molecule has 1 aliphatic carbocycles. The van der Waals surface area contributed by atoms with Gasteiger partial charge < -0.3 is 14.4 Å². The first kappa shape index (κ1) is 22.0. The van der Waals surface area contributed by atoms with Gasteiger partial charge in [0.1, 0.15) is 17.6 Å². The molecular formula is C28H34N2O3. The van der Waals surface area contributed by atoms with Gasteiger partial charge in [-0.05, 0) is 74.2 Å². The van der Waals surface area contributed by atoms with Crippen LogP contribution in [0.4, 0.5) is 0 Å². The monoisotopic (exact) mass is 446 g/mol. The minimum absolute atomic E-state index is 0.0903. The summed E-state index contributed by atoms with van der Waals surface area (Å²) >= 11 is 0. The van der Waals surface area contributed by atoms with E-state index in [2.05, 4.69) is 17.9 Å². The number of aromatic hydroxyl groups is 1. The summed E-state index contributed by atoms with van der Waals surface area (Å²) in [6.07, 6.45) is 7.94. The fourth-order valence-corrected chi connectivity index (χ4v) is 5.75. The normalized spacial score (nSPS) is 19.2. The summed E-state index contributed by atoms with van der Waals surface area (Å²) in [5.74, 6) is 1.16. The van der Waals surface area contributed by atoms with E-state index in [0.717, 1.165) is 81.2 Å². The Hall–Kier alpha value is -2.79. The molecule has 0 radical (unpaired) electrons. The zero-order valence-electron chi connectivity index (χ0n) is 19.5. The molecule has 174 valence electrons. The fourth-order valence-electron chi connectivity index (χ4n) is 5.75. The number of rotatable bonds is 6. The van der Waals surface area contributed by atoms with Crippen LogP contribution < -0.4 is 0 Å². The second kappa shape index (κ2) is 9.60. The number of phenolic OH excluding ortho intramolecular Hbond substituents is 1. The van der Waals surface area contributed by atoms with Crippen LogP contribution in [0.25, 0.3) is 11.0 Å². The molecule has 2 aliphatic rings. The van der Waals surface area contributed by atoms with Crippen LogP contribution in [-0.2, 0) is 12.8 Å². The summed E-state index contributed by atoms with van der Waals surface area (Å²) in [6.45, 7) is 6.09. The van der Waals surface area contributed by atoms with Crippen LogP contribution in [-0.4, -0.2) is 53.0 Å². The van der Waals surface area contributed by atoms with Crippen LogP contribution >= 0.6 is 0 Å². The number of likely N-dealkylation sites (tertiary alicyclic amines) is 1. The summed E-state index contributed by atoms with van der Waals surface area (Å²) < 4.78 is 5.59. The Kier molecular flexibility index (Phi) is 6.41. The average Bonchev–Trinajstić information content (AvgIpc) is 3.28. The van der Waals surface area contributed by atoms with Crippen LogP contribution in [0.1, 0.15) is 54.1 Å². The molecule has 1 saturated heterocycles. The molecule has 2 aromatic carbocycles. The SMILES string of the molecule is CCCN(CC1CCN(C(=O)c2coc3ccccc23)CC1)C1CCc2c(O)cccc2C1. The third-order valence-corrected chi connectivity index (χ3v) is 7.56. The molecule has 5 nitrogen and oxygen atoms in total. The number of para-hydroxylation sites is 1. The van der Waals surface area contributed by atoms with Crippen molar-refractivity contribution in [3.63, 3.8) is 0 Å². The van der Waals surface area contributed by atoms with E-state index in [0.29, 0.717) is 23.3 Å². The van der Waals surface area contributed by atoms with Gasteiger partial charge in [-0.3, -0.25) is 9.69 Å². The van der Waals surface area contributed by atoms with Crippen molar-refractivity contribution in [3.05, 3.63) is 65.4 Å². The maximum absolute atomic E-state index is 13.1. The Morgan fingerprint density at radius 2 is 1.94 bits per heavy atom. The van der Waals surface area contributed by atoms with E-state index >= 15 is 0 Å². The zero-order valence-corrected chi connectivity index (χ0v) is 19.5. The van der Waals surface area contributed by atoms with Gasteiger partial charge in [-0.2, -0.15) is 0 Å². The maximum atomic E-state index is 13.1. The molecule has 1 N–H and O–H groups in total. The number of carbonyl (C=O) groups is 1. The van der Waals surface area contributed by atoms with Gasteiger partial charge >= 0.3 is 0 Å². The van der Waals surface area contributed by atoms with Crippen molar-refractivity contribution in [1.29, 1.82) is 0 Å². The Balaban J connectivity index is 1.20. The molecule has 1 fully saturated rings. The molecule has 1 aliphatic heterocycles. The number of hydrogen-bond donors (Lipinski definition) is 1. The third-order valence-electron chi connectivity index (χ3n) is 7.56. The largest absolute Gasteiger partial charge is 0.508 e. The predicted octanol–water partition coefficient (Wildman–Crippen LogP) is 5.26. The highest BCUT2D eigenvalue weighted by Gasteiger charge is 2.30. The molecule has 0 spiro atoms. The van der Waals surface area contributed by atoms with E-state index in [1.165, 1.54) is 5.56 Å². The van der Waals surface area contributed by atoms with Crippen LogP contribution in [0, 0.1) is 5.92 Å². The van der Waals surface area contributed by atoms with E-state index in [1.54, 1.807) is 6.26 Å². The molecule has 5 heteroatoms. The summed E-state index contributed by atoms with van der Waals surface area (Å²) in [4.78, 5) is 17.8. The minimum Gasteiger partial charge on any atom is -0.508 e. The lowest BCUT2D eigenvalue weighted by molar-refractivity contribution is 0.0643. The van der Waals surface area contributed by atoms with Crippen molar-refractivity contribution in [2.75, 3.05) is 26.2 Å². The molecule has 1 aromatic heterocycles. The van der Waals surface area contributed by atoms with Gasteiger partial charge in [0.05, 0.1) is 5.56 Å². The summed E-state index contributed by atoms with van der Waals surface area (Å²) in [5.41, 5.74) is 3.90. The number of piperidine rings is 1. The first-order valence-corrected chi connectivity index (χ1v) is 12.4. The van der Waals surface area contributed by atoms with E-state index in [4.69, 9.17) is 4.42 Å². The number of carbonyl (C=O) groups excluding carboxylic acids is 1. The molecule has 0 saturated carbocycles. The van der Waals surface area contributed by atoms with Gasteiger partial charge in [0.25, 0.3) is 5.91 Å². The van der Waals surface area contributed by atoms with Crippen LogP contribution in [0.15, 0.2) is 53.1 Å². The van der Waals surface area contributed by atoms with E-state index in [1.807, 2.05) is 41.3 Å². The van der Waals surface area contributed by atoms with Gasteiger partial charge in [-0.1, -0.05) is 37.3 Å². The Morgan fingerprint density at radius 3 is 2.76 bits per heavy atom. The Bertz CT molecular complexity index is 1110. The quantitative estimate of drug-likeness (QED) is 0.561. The molecule has 33 heavy (non-hydrogen) atoms. The van der Waals surface area contributed by atoms with Crippen LogP contribution in [0.3, 0.4) is 0 Å². The lowest BCUT2D eigenvalue weighted by Crippen LogP contribution is -2.46. The first-order valence-electron chi connectivity index (χ1n) is 12.4. The van der Waals surface area contributed by atoms with Gasteiger partial charge in [0.15, 0.2) is 0 Å². The highest BCUT2D eigenvalue weighted by Crippen LogP contribution is 2.32. The number of amides is 1. The zero-order chi connectivity index (χ0) is 22.8. The number of phenols is 1. The number of fused-ring (bicyclic) bond motifs is 2. The summed E-state index contributed by atoms with van der Waals surface area (Å²) in [5, 5.41) is 11.1. The van der Waals surface area contributed by atoms with Crippen molar-refractivity contribution < 1.29 is 14.3 Å². The summed E-state index contributed by atoms with van der Waals surface area (Å²) in [6, 6.07) is 14.2. The van der Waals surface area contributed by atoms with Crippen molar-refractivity contribution in [2.24, 2.45) is 5.92 Å². The van der Waals surface area contributed by atoms with E-state index < -0.39 is 0 Å². The van der Waals surface area contributed by atoms with Crippen molar-refractivity contribution in [3.8, 4) is 5.75 Å². The van der Waals surface area contributed by atoms with E-state index in [9.17, 15) is 9.90 Å². The second-order valence-corrected chi connectivity index (χ2v) is 9.69. The third kappa shape index (κ3) is 4.51. The van der Waals surface area contributed by atoms with E-state index in [-0.39, 0.29) is 5.91 Å². The Labute approximate surface area is 196 Å². The molecule has 1 amide bonds. The van der Waals surface area contributed by atoms with Gasteiger partial charge in [0, 0.05) is 31.1 Å². The van der Waals surface area contributed by atoms with Gasteiger partial charge in [0.2, 0.25) is 0 Å². The molecule has 2 heterocycles. The molecule has 5 rings (SSSR count).